The van der Waals surface area contributed by atoms with Crippen LogP contribution >= 0.6 is 0 Å². The minimum absolute atomic E-state index is 0.0550. The van der Waals surface area contributed by atoms with Crippen molar-refractivity contribution in [1.29, 1.82) is 0 Å². The molecule has 0 aliphatic carbocycles. The van der Waals surface area contributed by atoms with Crippen LogP contribution in [-0.4, -0.2) is 41.8 Å². The molecule has 0 bridgehead atoms. The molecule has 6 heteroatoms. The van der Waals surface area contributed by atoms with Gasteiger partial charge in [-0.2, -0.15) is 0 Å². The molecule has 2 atom stereocenters. The molecule has 1 aromatic rings. The van der Waals surface area contributed by atoms with E-state index < -0.39 is 0 Å². The van der Waals surface area contributed by atoms with Gasteiger partial charge in [0.15, 0.2) is 0 Å². The van der Waals surface area contributed by atoms with E-state index in [1.165, 1.54) is 19.3 Å². The molecule has 6 nitrogen and oxygen atoms in total. The Kier molecular flexibility index (Phi) is 9.84. The third kappa shape index (κ3) is 7.47. The lowest BCUT2D eigenvalue weighted by molar-refractivity contribution is -0.128. The number of nitrogens with zero attached hydrogens (tertiary/aromatic N) is 1. The van der Waals surface area contributed by atoms with Gasteiger partial charge in [-0.05, 0) is 44.0 Å². The van der Waals surface area contributed by atoms with Crippen LogP contribution in [0.2, 0.25) is 0 Å². The Morgan fingerprint density at radius 1 is 1.07 bits per heavy atom. The molecule has 0 aromatic heterocycles. The molecule has 0 saturated carbocycles. The maximum absolute atomic E-state index is 12.5. The van der Waals surface area contributed by atoms with Crippen LogP contribution in [0, 0.1) is 5.92 Å². The summed E-state index contributed by atoms with van der Waals surface area (Å²) in [7, 11) is 0. The number of benzene rings is 1. The number of nitrogens with one attached hydrogen (secondary N) is 2. The average molecular weight is 416 g/mol. The minimum atomic E-state index is -0.314. The number of carbonyl (C=O) groups is 3. The maximum atomic E-state index is 12.5. The van der Waals surface area contributed by atoms with Crippen molar-refractivity contribution < 1.29 is 14.4 Å². The highest BCUT2D eigenvalue weighted by Crippen LogP contribution is 2.21. The van der Waals surface area contributed by atoms with E-state index in [1.807, 2.05) is 6.92 Å². The molecule has 0 radical (unpaired) electrons. The summed E-state index contributed by atoms with van der Waals surface area (Å²) in [6, 6.07) is 7.07. The predicted octanol–water partition coefficient (Wildman–Crippen LogP) is 4.36. The lowest BCUT2D eigenvalue weighted by Gasteiger charge is -2.16. The molecule has 1 fully saturated rings. The van der Waals surface area contributed by atoms with E-state index in [4.69, 9.17) is 0 Å². The Labute approximate surface area is 180 Å². The first-order chi connectivity index (χ1) is 14.4. The molecule has 166 valence electrons. The van der Waals surface area contributed by atoms with Crippen molar-refractivity contribution in [2.45, 2.75) is 78.2 Å². The summed E-state index contributed by atoms with van der Waals surface area (Å²) >= 11 is 0. The van der Waals surface area contributed by atoms with Gasteiger partial charge in [-0.3, -0.25) is 14.4 Å². The second-order valence-electron chi connectivity index (χ2n) is 8.38. The monoisotopic (exact) mass is 415 g/mol. The zero-order chi connectivity index (χ0) is 21.9. The molecule has 3 amide bonds. The molecule has 1 heterocycles. The Balaban J connectivity index is 1.80. The van der Waals surface area contributed by atoms with Gasteiger partial charge in [-0.25, -0.2) is 0 Å². The van der Waals surface area contributed by atoms with E-state index in [2.05, 4.69) is 24.5 Å². The summed E-state index contributed by atoms with van der Waals surface area (Å²) in [5.74, 6) is -0.491. The molecular formula is C24H37N3O3. The van der Waals surface area contributed by atoms with Crippen LogP contribution in [-0.2, 0) is 9.59 Å². The van der Waals surface area contributed by atoms with Crippen molar-refractivity contribution in [1.82, 2.24) is 10.2 Å². The molecule has 1 aliphatic rings. The van der Waals surface area contributed by atoms with E-state index in [1.54, 1.807) is 29.2 Å². The summed E-state index contributed by atoms with van der Waals surface area (Å²) in [6.45, 7) is 7.52. The Bertz CT molecular complexity index is 702. The number of rotatable bonds is 12. The normalized spacial score (nSPS) is 17.1. The molecule has 1 saturated heterocycles. The van der Waals surface area contributed by atoms with Crippen LogP contribution in [0.25, 0.3) is 0 Å². The first-order valence-corrected chi connectivity index (χ1v) is 11.4. The van der Waals surface area contributed by atoms with Gasteiger partial charge in [0.05, 0.1) is 5.92 Å². The number of unbranched alkanes of at least 4 members (excludes halogenated alkanes) is 4. The van der Waals surface area contributed by atoms with E-state index in [0.717, 1.165) is 32.2 Å². The Hall–Kier alpha value is -2.37. The number of carbonyl (C=O) groups excluding carboxylic acids is 3. The van der Waals surface area contributed by atoms with Crippen molar-refractivity contribution in [2.75, 3.05) is 18.4 Å². The van der Waals surface area contributed by atoms with Crippen molar-refractivity contribution in [3.05, 3.63) is 29.8 Å². The standard InChI is InChI=1S/C24H37N3O3/c1-4-6-8-9-10-18(3)25-23(29)19-11-13-21(14-12-19)26-24(30)20-16-22(28)27(17-20)15-7-5-2/h11-14,18,20H,4-10,15-17H2,1-3H3,(H,25,29)(H,26,30). The molecular weight excluding hydrogens is 378 g/mol. The predicted molar refractivity (Wildman–Crippen MR) is 120 cm³/mol. The van der Waals surface area contributed by atoms with Gasteiger partial charge in [0.1, 0.15) is 0 Å². The first kappa shape index (κ1) is 23.9. The third-order valence-corrected chi connectivity index (χ3v) is 5.65. The van der Waals surface area contributed by atoms with Gasteiger partial charge >= 0.3 is 0 Å². The van der Waals surface area contributed by atoms with Crippen LogP contribution in [0.4, 0.5) is 5.69 Å². The maximum Gasteiger partial charge on any atom is 0.251 e. The fourth-order valence-corrected chi connectivity index (χ4v) is 3.72. The SMILES string of the molecule is CCCCCCC(C)NC(=O)c1ccc(NC(=O)C2CC(=O)N(CCCC)C2)cc1. The zero-order valence-electron chi connectivity index (χ0n) is 18.7. The van der Waals surface area contributed by atoms with Gasteiger partial charge in [-0.1, -0.05) is 46.0 Å². The van der Waals surface area contributed by atoms with Crippen molar-refractivity contribution in [3.63, 3.8) is 0 Å². The lowest BCUT2D eigenvalue weighted by Crippen LogP contribution is -2.32. The van der Waals surface area contributed by atoms with E-state index in [0.29, 0.717) is 17.8 Å². The summed E-state index contributed by atoms with van der Waals surface area (Å²) in [4.78, 5) is 38.8. The van der Waals surface area contributed by atoms with Crippen molar-refractivity contribution in [3.8, 4) is 0 Å². The van der Waals surface area contributed by atoms with E-state index in [9.17, 15) is 14.4 Å². The van der Waals surface area contributed by atoms with Crippen molar-refractivity contribution >= 4 is 23.4 Å². The smallest absolute Gasteiger partial charge is 0.251 e. The topological polar surface area (TPSA) is 78.5 Å². The molecule has 2 rings (SSSR count). The van der Waals surface area contributed by atoms with E-state index in [-0.39, 0.29) is 36.1 Å². The molecule has 1 aromatic carbocycles. The fourth-order valence-electron chi connectivity index (χ4n) is 3.72. The Morgan fingerprint density at radius 3 is 2.43 bits per heavy atom. The van der Waals surface area contributed by atoms with Crippen molar-refractivity contribution in [2.24, 2.45) is 5.92 Å². The zero-order valence-corrected chi connectivity index (χ0v) is 18.7. The highest BCUT2D eigenvalue weighted by Gasteiger charge is 2.33. The molecule has 1 aliphatic heterocycles. The molecule has 2 N–H and O–H groups in total. The van der Waals surface area contributed by atoms with Crippen LogP contribution < -0.4 is 10.6 Å². The fraction of sp³-hybridized carbons (Fsp3) is 0.625. The summed E-state index contributed by atoms with van der Waals surface area (Å²) in [5.41, 5.74) is 1.22. The van der Waals surface area contributed by atoms with Gasteiger partial charge in [0.25, 0.3) is 5.91 Å². The minimum Gasteiger partial charge on any atom is -0.350 e. The summed E-state index contributed by atoms with van der Waals surface area (Å²) < 4.78 is 0. The van der Waals surface area contributed by atoms with Crippen LogP contribution in [0.1, 0.15) is 82.5 Å². The molecule has 30 heavy (non-hydrogen) atoms. The highest BCUT2D eigenvalue weighted by atomic mass is 16.2. The van der Waals surface area contributed by atoms with Gasteiger partial charge in [-0.15, -0.1) is 0 Å². The number of hydrogen-bond acceptors (Lipinski definition) is 3. The van der Waals surface area contributed by atoms with Gasteiger partial charge in [0.2, 0.25) is 11.8 Å². The van der Waals surface area contributed by atoms with Crippen LogP contribution in [0.15, 0.2) is 24.3 Å². The summed E-state index contributed by atoms with van der Waals surface area (Å²) in [6.07, 6.45) is 8.01. The van der Waals surface area contributed by atoms with Crippen LogP contribution in [0.5, 0.6) is 0 Å². The molecule has 2 unspecified atom stereocenters. The number of likely N-dealkylation sites (tertiary alicyclic amines) is 1. The number of hydrogen-bond donors (Lipinski definition) is 2. The van der Waals surface area contributed by atoms with Gasteiger partial charge < -0.3 is 15.5 Å². The molecule has 0 spiro atoms. The quantitative estimate of drug-likeness (QED) is 0.498. The third-order valence-electron chi connectivity index (χ3n) is 5.65. The second-order valence-corrected chi connectivity index (χ2v) is 8.38. The lowest BCUT2D eigenvalue weighted by atomic mass is 10.1. The van der Waals surface area contributed by atoms with Crippen LogP contribution in [0.3, 0.4) is 0 Å². The number of anilines is 1. The first-order valence-electron chi connectivity index (χ1n) is 11.4. The summed E-state index contributed by atoms with van der Waals surface area (Å²) in [5, 5.41) is 5.91. The average Bonchev–Trinajstić information content (AvgIpc) is 3.11. The van der Waals surface area contributed by atoms with E-state index >= 15 is 0 Å². The van der Waals surface area contributed by atoms with Gasteiger partial charge in [0, 0.05) is 36.8 Å². The highest BCUT2D eigenvalue weighted by molar-refractivity contribution is 5.98. The number of amides is 3. The largest absolute Gasteiger partial charge is 0.350 e. The Morgan fingerprint density at radius 2 is 1.77 bits per heavy atom. The second kappa shape index (κ2) is 12.4.